The predicted molar refractivity (Wildman–Crippen MR) is 49.8 cm³/mol. The van der Waals surface area contributed by atoms with Crippen LogP contribution < -0.4 is 18.9 Å². The molecule has 1 heterocycles. The molecular weight excluding hydrogens is 155 g/mol. The van der Waals surface area contributed by atoms with Gasteiger partial charge in [-0.1, -0.05) is 30.3 Å². The molecule has 0 atom stereocenters. The zero-order chi connectivity index (χ0) is 8.39. The fourth-order valence-electron chi connectivity index (χ4n) is 1.20. The van der Waals surface area contributed by atoms with Crippen molar-refractivity contribution in [3.05, 3.63) is 42.7 Å². The number of benzene rings is 1. The van der Waals surface area contributed by atoms with E-state index in [2.05, 4.69) is 17.2 Å². The van der Waals surface area contributed by atoms with Crippen LogP contribution in [0.5, 0.6) is 0 Å². The second-order valence-electron chi connectivity index (χ2n) is 2.77. The van der Waals surface area contributed by atoms with E-state index in [1.807, 2.05) is 42.3 Å². The Balaban J connectivity index is 0.000000845. The third-order valence-electron chi connectivity index (χ3n) is 1.81. The maximum atomic E-state index is 4.11. The maximum absolute atomic E-state index is 4.11. The summed E-state index contributed by atoms with van der Waals surface area (Å²) >= 11 is 0. The zero-order valence-electron chi connectivity index (χ0n) is 8.94. The van der Waals surface area contributed by atoms with E-state index in [0.29, 0.717) is 0 Å². The summed E-state index contributed by atoms with van der Waals surface area (Å²) in [5.74, 6) is 0. The smallest absolute Gasteiger partial charge is 1.00 e. The normalized spacial score (nSPS) is 9.31. The van der Waals surface area contributed by atoms with E-state index in [1.165, 1.54) is 5.56 Å². The molecule has 13 heavy (non-hydrogen) atoms. The van der Waals surface area contributed by atoms with Crippen molar-refractivity contribution in [2.75, 3.05) is 0 Å². The van der Waals surface area contributed by atoms with Crippen molar-refractivity contribution < 1.29 is 20.3 Å². The topological polar surface area (TPSA) is 17.8 Å². The summed E-state index contributed by atoms with van der Waals surface area (Å²) in [6.07, 6.45) is 3.88. The standard InChI is InChI=1S/C10H10N2.Li.H/c1-12-8-10(7-11-12)9-5-3-2-4-6-9;;/h2-8H,1H3;;/q;+1;-1. The molecule has 0 spiro atoms. The van der Waals surface area contributed by atoms with E-state index in [0.717, 1.165) is 5.56 Å². The largest absolute Gasteiger partial charge is 1.00 e. The third-order valence-corrected chi connectivity index (χ3v) is 1.81. The van der Waals surface area contributed by atoms with Crippen LogP contribution in [0, 0.1) is 0 Å². The van der Waals surface area contributed by atoms with Gasteiger partial charge in [0.15, 0.2) is 0 Å². The SMILES string of the molecule is Cn1cc(-c2ccccc2)cn1.[H-].[Li+]. The molecule has 1 aromatic heterocycles. The molecule has 2 nitrogen and oxygen atoms in total. The van der Waals surface area contributed by atoms with Gasteiger partial charge in [-0.05, 0) is 5.56 Å². The van der Waals surface area contributed by atoms with Crippen LogP contribution in [0.3, 0.4) is 0 Å². The molecule has 1 aromatic carbocycles. The molecule has 0 bridgehead atoms. The molecule has 0 radical (unpaired) electrons. The average Bonchev–Trinajstić information content (AvgIpc) is 2.54. The number of aromatic nitrogens is 2. The van der Waals surface area contributed by atoms with Crippen molar-refractivity contribution in [3.63, 3.8) is 0 Å². The molecule has 0 saturated heterocycles. The first-order chi connectivity index (χ1) is 5.86. The minimum Gasteiger partial charge on any atom is -1.00 e. The molecule has 0 aliphatic heterocycles. The molecule has 0 unspecified atom stereocenters. The number of hydrogen-bond donors (Lipinski definition) is 0. The summed E-state index contributed by atoms with van der Waals surface area (Å²) in [6.45, 7) is 0. The minimum atomic E-state index is 0. The molecule has 0 N–H and O–H groups in total. The van der Waals surface area contributed by atoms with Gasteiger partial charge in [0.1, 0.15) is 0 Å². The van der Waals surface area contributed by atoms with E-state index in [-0.39, 0.29) is 20.3 Å². The first-order valence-electron chi connectivity index (χ1n) is 3.90. The summed E-state index contributed by atoms with van der Waals surface area (Å²) in [4.78, 5) is 0. The van der Waals surface area contributed by atoms with Crippen molar-refractivity contribution in [2.45, 2.75) is 0 Å². The molecule has 0 saturated carbocycles. The van der Waals surface area contributed by atoms with E-state index in [9.17, 15) is 0 Å². The molecule has 3 heteroatoms. The van der Waals surface area contributed by atoms with Gasteiger partial charge in [-0.25, -0.2) is 0 Å². The van der Waals surface area contributed by atoms with Crippen molar-refractivity contribution in [1.82, 2.24) is 9.78 Å². The van der Waals surface area contributed by atoms with Gasteiger partial charge in [0.25, 0.3) is 0 Å². The summed E-state index contributed by atoms with van der Waals surface area (Å²) in [5.41, 5.74) is 2.38. The van der Waals surface area contributed by atoms with Crippen molar-refractivity contribution in [2.24, 2.45) is 7.05 Å². The van der Waals surface area contributed by atoms with Crippen LogP contribution in [0.1, 0.15) is 1.43 Å². The van der Waals surface area contributed by atoms with E-state index in [4.69, 9.17) is 0 Å². The summed E-state index contributed by atoms with van der Waals surface area (Å²) in [7, 11) is 1.92. The number of aryl methyl sites for hydroxylation is 1. The predicted octanol–water partition coefficient (Wildman–Crippen LogP) is -0.796. The van der Waals surface area contributed by atoms with Crippen molar-refractivity contribution in [3.8, 4) is 11.1 Å². The summed E-state index contributed by atoms with van der Waals surface area (Å²) in [5, 5.41) is 4.11. The van der Waals surface area contributed by atoms with Gasteiger partial charge in [0, 0.05) is 18.8 Å². The molecule has 2 rings (SSSR count). The second-order valence-corrected chi connectivity index (χ2v) is 2.77. The Morgan fingerprint density at radius 1 is 1.15 bits per heavy atom. The third kappa shape index (κ3) is 2.24. The molecular formula is C10H11LiN2. The Kier molecular flexibility index (Phi) is 3.36. The maximum Gasteiger partial charge on any atom is 1.00 e. The van der Waals surface area contributed by atoms with Crippen LogP contribution >= 0.6 is 0 Å². The fraction of sp³-hybridized carbons (Fsp3) is 0.100. The monoisotopic (exact) mass is 166 g/mol. The second kappa shape index (κ2) is 4.32. The van der Waals surface area contributed by atoms with Gasteiger partial charge in [0.05, 0.1) is 6.20 Å². The Morgan fingerprint density at radius 3 is 2.38 bits per heavy atom. The average molecular weight is 166 g/mol. The van der Waals surface area contributed by atoms with E-state index >= 15 is 0 Å². The van der Waals surface area contributed by atoms with Crippen LogP contribution in [-0.2, 0) is 7.05 Å². The van der Waals surface area contributed by atoms with Gasteiger partial charge in [-0.2, -0.15) is 5.10 Å². The van der Waals surface area contributed by atoms with E-state index < -0.39 is 0 Å². The Labute approximate surface area is 91.2 Å². The number of rotatable bonds is 1. The first-order valence-corrected chi connectivity index (χ1v) is 3.90. The minimum absolute atomic E-state index is 0. The molecule has 0 fully saturated rings. The van der Waals surface area contributed by atoms with Crippen LogP contribution in [-0.4, -0.2) is 9.78 Å². The molecule has 62 valence electrons. The molecule has 0 aliphatic rings. The van der Waals surface area contributed by atoms with Crippen molar-refractivity contribution in [1.29, 1.82) is 0 Å². The molecule has 0 amide bonds. The Hall–Kier alpha value is -0.973. The molecule has 0 aliphatic carbocycles. The summed E-state index contributed by atoms with van der Waals surface area (Å²) in [6, 6.07) is 10.2. The van der Waals surface area contributed by atoms with Crippen LogP contribution in [0.4, 0.5) is 0 Å². The fourth-order valence-corrected chi connectivity index (χ4v) is 1.20. The zero-order valence-corrected chi connectivity index (χ0v) is 7.94. The van der Waals surface area contributed by atoms with Gasteiger partial charge < -0.3 is 1.43 Å². The summed E-state index contributed by atoms with van der Waals surface area (Å²) < 4.78 is 1.81. The Morgan fingerprint density at radius 2 is 1.85 bits per heavy atom. The van der Waals surface area contributed by atoms with Crippen LogP contribution in [0.25, 0.3) is 11.1 Å². The Bertz CT molecular complexity index is 373. The van der Waals surface area contributed by atoms with Crippen LogP contribution in [0.2, 0.25) is 0 Å². The van der Waals surface area contributed by atoms with Gasteiger partial charge in [0.2, 0.25) is 0 Å². The number of hydrogen-bond acceptors (Lipinski definition) is 1. The van der Waals surface area contributed by atoms with Gasteiger partial charge in [-0.15, -0.1) is 0 Å². The first kappa shape index (κ1) is 10.1. The van der Waals surface area contributed by atoms with Gasteiger partial charge in [-0.3, -0.25) is 4.68 Å². The van der Waals surface area contributed by atoms with Crippen LogP contribution in [0.15, 0.2) is 42.7 Å². The quantitative estimate of drug-likeness (QED) is 0.507. The number of nitrogens with zero attached hydrogens (tertiary/aromatic N) is 2. The van der Waals surface area contributed by atoms with E-state index in [1.54, 1.807) is 0 Å². The molecule has 2 aromatic rings. The van der Waals surface area contributed by atoms with Crippen molar-refractivity contribution >= 4 is 0 Å². The van der Waals surface area contributed by atoms with Gasteiger partial charge >= 0.3 is 18.9 Å².